The Kier molecular flexibility index (Phi) is 7.82. The van der Waals surface area contributed by atoms with Gasteiger partial charge in [0.25, 0.3) is 5.91 Å². The summed E-state index contributed by atoms with van der Waals surface area (Å²) in [6, 6.07) is 15.7. The van der Waals surface area contributed by atoms with Crippen molar-refractivity contribution in [2.45, 2.75) is 19.4 Å². The van der Waals surface area contributed by atoms with Gasteiger partial charge in [-0.25, -0.2) is 4.98 Å². The quantitative estimate of drug-likeness (QED) is 0.475. The van der Waals surface area contributed by atoms with Gasteiger partial charge in [-0.3, -0.25) is 4.79 Å². The van der Waals surface area contributed by atoms with E-state index in [-0.39, 0.29) is 12.0 Å². The van der Waals surface area contributed by atoms with Crippen molar-refractivity contribution in [3.05, 3.63) is 65.2 Å². The van der Waals surface area contributed by atoms with E-state index in [9.17, 15) is 4.79 Å². The summed E-state index contributed by atoms with van der Waals surface area (Å²) in [7, 11) is 3.18. The number of benzene rings is 2. The molecule has 6 nitrogen and oxygen atoms in total. The van der Waals surface area contributed by atoms with Crippen LogP contribution in [-0.4, -0.2) is 38.3 Å². The third kappa shape index (κ3) is 5.37. The molecule has 0 aliphatic heterocycles. The predicted molar refractivity (Wildman–Crippen MR) is 118 cm³/mol. The normalized spacial score (nSPS) is 11.7. The second-order valence-corrected chi connectivity index (χ2v) is 7.47. The third-order valence-corrected chi connectivity index (χ3v) is 5.49. The number of nitrogens with zero attached hydrogens (tertiary/aromatic N) is 1. The van der Waals surface area contributed by atoms with Gasteiger partial charge in [0.05, 0.1) is 25.9 Å². The molecule has 0 fully saturated rings. The first-order valence-corrected chi connectivity index (χ1v) is 10.6. The molecule has 30 heavy (non-hydrogen) atoms. The van der Waals surface area contributed by atoms with Gasteiger partial charge >= 0.3 is 0 Å². The zero-order valence-electron chi connectivity index (χ0n) is 17.4. The van der Waals surface area contributed by atoms with Crippen LogP contribution in [0.25, 0.3) is 10.6 Å². The van der Waals surface area contributed by atoms with Crippen molar-refractivity contribution < 1.29 is 19.0 Å². The molecule has 0 radical (unpaired) electrons. The highest BCUT2D eigenvalue weighted by Crippen LogP contribution is 2.38. The average Bonchev–Trinajstić information content (AvgIpc) is 3.28. The number of amides is 1. The standard InChI is InChI=1S/C23H26N2O4S/c1-16(17-9-5-4-6-10-17)29-14-8-13-24-22(26)19-15-30-23(25-19)18-11-7-12-20(27-2)21(18)28-3/h4-7,9-12,15-16H,8,13-14H2,1-3H3,(H,24,26). The van der Waals surface area contributed by atoms with Crippen molar-refractivity contribution in [2.75, 3.05) is 27.4 Å². The fourth-order valence-corrected chi connectivity index (χ4v) is 3.82. The van der Waals surface area contributed by atoms with Crippen LogP contribution in [0.3, 0.4) is 0 Å². The number of ether oxygens (including phenoxy) is 3. The molecular formula is C23H26N2O4S. The van der Waals surface area contributed by atoms with Crippen LogP contribution in [0.15, 0.2) is 53.9 Å². The van der Waals surface area contributed by atoms with Crippen molar-refractivity contribution in [1.29, 1.82) is 0 Å². The summed E-state index contributed by atoms with van der Waals surface area (Å²) in [5, 5.41) is 5.35. The van der Waals surface area contributed by atoms with Gasteiger partial charge in [0, 0.05) is 18.5 Å². The van der Waals surface area contributed by atoms with Crippen LogP contribution in [-0.2, 0) is 4.74 Å². The molecule has 0 aliphatic carbocycles. The molecule has 1 atom stereocenters. The van der Waals surface area contributed by atoms with Crippen molar-refractivity contribution in [3.8, 4) is 22.1 Å². The number of para-hydroxylation sites is 1. The number of hydrogen-bond acceptors (Lipinski definition) is 6. The lowest BCUT2D eigenvalue weighted by atomic mass is 10.1. The topological polar surface area (TPSA) is 69.7 Å². The van der Waals surface area contributed by atoms with Gasteiger partial charge in [-0.05, 0) is 31.0 Å². The smallest absolute Gasteiger partial charge is 0.270 e. The first-order chi connectivity index (χ1) is 14.6. The maximum atomic E-state index is 12.4. The Morgan fingerprint density at radius 3 is 2.63 bits per heavy atom. The highest BCUT2D eigenvalue weighted by atomic mass is 32.1. The second kappa shape index (κ2) is 10.8. The maximum absolute atomic E-state index is 12.4. The summed E-state index contributed by atoms with van der Waals surface area (Å²) in [5.74, 6) is 1.03. The van der Waals surface area contributed by atoms with Gasteiger partial charge in [0.2, 0.25) is 0 Å². The number of methoxy groups -OCH3 is 2. The van der Waals surface area contributed by atoms with E-state index >= 15 is 0 Å². The van der Waals surface area contributed by atoms with E-state index in [1.807, 2.05) is 55.5 Å². The zero-order chi connectivity index (χ0) is 21.3. The number of thiazole rings is 1. The Labute approximate surface area is 180 Å². The van der Waals surface area contributed by atoms with Gasteiger partial charge < -0.3 is 19.5 Å². The molecule has 1 amide bonds. The Bertz CT molecular complexity index is 959. The summed E-state index contributed by atoms with van der Waals surface area (Å²) in [6.45, 7) is 3.12. The van der Waals surface area contributed by atoms with Gasteiger partial charge in [0.15, 0.2) is 11.5 Å². The fourth-order valence-electron chi connectivity index (χ4n) is 3.00. The van der Waals surface area contributed by atoms with Crippen LogP contribution in [0, 0.1) is 0 Å². The molecule has 0 bridgehead atoms. The average molecular weight is 427 g/mol. The summed E-state index contributed by atoms with van der Waals surface area (Å²) >= 11 is 1.39. The molecule has 3 aromatic rings. The molecule has 1 N–H and O–H groups in total. The summed E-state index contributed by atoms with van der Waals surface area (Å²) < 4.78 is 16.6. The lowest BCUT2D eigenvalue weighted by Gasteiger charge is -2.13. The first kappa shape index (κ1) is 21.8. The molecule has 1 unspecified atom stereocenters. The maximum Gasteiger partial charge on any atom is 0.270 e. The number of carbonyl (C=O) groups is 1. The van der Waals surface area contributed by atoms with E-state index in [2.05, 4.69) is 10.3 Å². The third-order valence-electron chi connectivity index (χ3n) is 4.61. The van der Waals surface area contributed by atoms with Crippen molar-refractivity contribution >= 4 is 17.2 Å². The van der Waals surface area contributed by atoms with Crippen LogP contribution in [0.2, 0.25) is 0 Å². The predicted octanol–water partition coefficient (Wildman–Crippen LogP) is 4.73. The van der Waals surface area contributed by atoms with Crippen LogP contribution in [0.4, 0.5) is 0 Å². The fraction of sp³-hybridized carbons (Fsp3) is 0.304. The molecule has 0 aliphatic rings. The Morgan fingerprint density at radius 2 is 1.90 bits per heavy atom. The first-order valence-electron chi connectivity index (χ1n) is 9.75. The number of carbonyl (C=O) groups excluding carboxylic acids is 1. The van der Waals surface area contributed by atoms with Crippen LogP contribution in [0.5, 0.6) is 11.5 Å². The molecule has 0 spiro atoms. The molecule has 3 rings (SSSR count). The molecule has 0 saturated carbocycles. The minimum Gasteiger partial charge on any atom is -0.493 e. The molecule has 7 heteroatoms. The van der Waals surface area contributed by atoms with Crippen molar-refractivity contribution in [1.82, 2.24) is 10.3 Å². The van der Waals surface area contributed by atoms with E-state index in [0.29, 0.717) is 35.4 Å². The van der Waals surface area contributed by atoms with Gasteiger partial charge in [0.1, 0.15) is 10.7 Å². The van der Waals surface area contributed by atoms with Crippen molar-refractivity contribution in [2.24, 2.45) is 0 Å². The van der Waals surface area contributed by atoms with E-state index in [1.54, 1.807) is 19.6 Å². The largest absolute Gasteiger partial charge is 0.493 e. The van der Waals surface area contributed by atoms with Crippen LogP contribution >= 0.6 is 11.3 Å². The number of hydrogen-bond donors (Lipinski definition) is 1. The Morgan fingerprint density at radius 1 is 1.10 bits per heavy atom. The molecule has 2 aromatic carbocycles. The van der Waals surface area contributed by atoms with E-state index in [0.717, 1.165) is 17.5 Å². The molecular weight excluding hydrogens is 400 g/mol. The number of rotatable bonds is 10. The van der Waals surface area contributed by atoms with Crippen LogP contribution in [0.1, 0.15) is 35.5 Å². The second-order valence-electron chi connectivity index (χ2n) is 6.61. The number of aromatic nitrogens is 1. The summed E-state index contributed by atoms with van der Waals surface area (Å²) in [4.78, 5) is 16.9. The Hall–Kier alpha value is -2.90. The molecule has 1 heterocycles. The Balaban J connectivity index is 1.50. The molecule has 1 aromatic heterocycles. The zero-order valence-corrected chi connectivity index (χ0v) is 18.2. The van der Waals surface area contributed by atoms with Crippen molar-refractivity contribution in [3.63, 3.8) is 0 Å². The lowest BCUT2D eigenvalue weighted by Crippen LogP contribution is -2.25. The molecule has 158 valence electrons. The van der Waals surface area contributed by atoms with Gasteiger partial charge in [-0.1, -0.05) is 36.4 Å². The minimum absolute atomic E-state index is 0.0286. The van der Waals surface area contributed by atoms with Crippen LogP contribution < -0.4 is 14.8 Å². The minimum atomic E-state index is -0.199. The van der Waals surface area contributed by atoms with Gasteiger partial charge in [-0.2, -0.15) is 0 Å². The van der Waals surface area contributed by atoms with E-state index in [4.69, 9.17) is 14.2 Å². The lowest BCUT2D eigenvalue weighted by molar-refractivity contribution is 0.0634. The summed E-state index contributed by atoms with van der Waals surface area (Å²) in [5.41, 5.74) is 2.33. The summed E-state index contributed by atoms with van der Waals surface area (Å²) in [6.07, 6.45) is 0.754. The highest BCUT2D eigenvalue weighted by Gasteiger charge is 2.17. The SMILES string of the molecule is COc1cccc(-c2nc(C(=O)NCCCOC(C)c3ccccc3)cs2)c1OC. The monoisotopic (exact) mass is 426 g/mol. The number of nitrogens with one attached hydrogen (secondary N) is 1. The highest BCUT2D eigenvalue weighted by molar-refractivity contribution is 7.13. The van der Waals surface area contributed by atoms with E-state index in [1.165, 1.54) is 11.3 Å². The van der Waals surface area contributed by atoms with E-state index < -0.39 is 0 Å². The van der Waals surface area contributed by atoms with Gasteiger partial charge in [-0.15, -0.1) is 11.3 Å². The molecule has 0 saturated heterocycles.